The number of hydrogen-bond donors (Lipinski definition) is 2. The molecular formula is C26H16F8N2O6S2. The van der Waals surface area contributed by atoms with Crippen molar-refractivity contribution in [2.75, 3.05) is 9.44 Å². The van der Waals surface area contributed by atoms with E-state index in [9.17, 15) is 52.0 Å². The van der Waals surface area contributed by atoms with E-state index >= 15 is 0 Å². The number of hydrogen-bond acceptors (Lipinski definition) is 6. The van der Waals surface area contributed by atoms with E-state index in [-0.39, 0.29) is 5.56 Å². The summed E-state index contributed by atoms with van der Waals surface area (Å²) in [7, 11) is -9.32. The Hall–Kier alpha value is -4.58. The minimum absolute atomic E-state index is 0.246. The van der Waals surface area contributed by atoms with Crippen LogP contribution in [0.15, 0.2) is 94.7 Å². The van der Waals surface area contributed by atoms with Crippen LogP contribution in [-0.2, 0) is 20.0 Å². The van der Waals surface area contributed by atoms with E-state index in [0.29, 0.717) is 24.3 Å². The highest BCUT2D eigenvalue weighted by molar-refractivity contribution is 7.93. The molecule has 44 heavy (non-hydrogen) atoms. The number of anilines is 2. The third-order valence-corrected chi connectivity index (χ3v) is 8.26. The molecule has 0 saturated heterocycles. The monoisotopic (exact) mass is 668 g/mol. The quantitative estimate of drug-likeness (QED) is 0.185. The van der Waals surface area contributed by atoms with E-state index in [0.717, 1.165) is 60.7 Å². The van der Waals surface area contributed by atoms with Crippen molar-refractivity contribution in [2.24, 2.45) is 0 Å². The van der Waals surface area contributed by atoms with Gasteiger partial charge in [-0.2, -0.15) is 0 Å². The summed E-state index contributed by atoms with van der Waals surface area (Å²) in [5, 5.41) is 0. The second kappa shape index (κ2) is 11.8. The maximum absolute atomic E-state index is 14.5. The first-order valence-corrected chi connectivity index (χ1v) is 14.7. The Balaban J connectivity index is 1.73. The second-order valence-electron chi connectivity index (χ2n) is 8.61. The second-order valence-corrected chi connectivity index (χ2v) is 12.0. The molecule has 0 saturated carbocycles. The van der Waals surface area contributed by atoms with E-state index in [2.05, 4.69) is 9.47 Å². The molecule has 0 bridgehead atoms. The summed E-state index contributed by atoms with van der Waals surface area (Å²) in [4.78, 5) is -1.19. The van der Waals surface area contributed by atoms with Gasteiger partial charge >= 0.3 is 12.7 Å². The van der Waals surface area contributed by atoms with Crippen molar-refractivity contribution >= 4 is 31.4 Å². The van der Waals surface area contributed by atoms with Crippen molar-refractivity contribution < 1.29 is 61.4 Å². The van der Waals surface area contributed by atoms with Crippen LogP contribution in [0.2, 0.25) is 0 Å². The maximum atomic E-state index is 14.5. The summed E-state index contributed by atoms with van der Waals surface area (Å²) in [5.41, 5.74) is -1.93. The van der Waals surface area contributed by atoms with Gasteiger partial charge in [0, 0.05) is 0 Å². The molecule has 0 aliphatic heterocycles. The zero-order valence-corrected chi connectivity index (χ0v) is 23.0. The van der Waals surface area contributed by atoms with E-state index in [4.69, 9.17) is 0 Å². The van der Waals surface area contributed by atoms with Crippen molar-refractivity contribution in [1.29, 1.82) is 0 Å². The van der Waals surface area contributed by atoms with Gasteiger partial charge < -0.3 is 9.47 Å². The molecule has 0 heterocycles. The Labute approximate surface area is 244 Å². The van der Waals surface area contributed by atoms with E-state index in [1.807, 2.05) is 9.44 Å². The SMILES string of the molecule is O=S(=O)(Nc1ccc(-c2c(F)cccc2F)cc1NS(=O)(=O)c1ccc(OC(F)(F)F)cc1)c1ccc(OC(F)(F)F)cc1. The van der Waals surface area contributed by atoms with E-state index < -0.39 is 82.6 Å². The molecule has 4 aromatic rings. The van der Waals surface area contributed by atoms with E-state index in [1.54, 1.807) is 0 Å². The molecule has 0 atom stereocenters. The van der Waals surface area contributed by atoms with Crippen LogP contribution in [0.5, 0.6) is 11.5 Å². The molecule has 4 rings (SSSR count). The molecule has 18 heteroatoms. The highest BCUT2D eigenvalue weighted by atomic mass is 32.2. The van der Waals surface area contributed by atoms with Gasteiger partial charge in [0.25, 0.3) is 20.0 Å². The molecule has 2 N–H and O–H groups in total. The lowest BCUT2D eigenvalue weighted by Crippen LogP contribution is -2.19. The van der Waals surface area contributed by atoms with Crippen molar-refractivity contribution in [2.45, 2.75) is 22.5 Å². The largest absolute Gasteiger partial charge is 0.573 e. The van der Waals surface area contributed by atoms with Crippen molar-refractivity contribution in [1.82, 2.24) is 0 Å². The number of sulfonamides is 2. The van der Waals surface area contributed by atoms with Crippen molar-refractivity contribution in [3.63, 3.8) is 0 Å². The number of ether oxygens (including phenoxy) is 2. The van der Waals surface area contributed by atoms with Gasteiger partial charge in [-0.05, 0) is 78.4 Å². The van der Waals surface area contributed by atoms with Gasteiger partial charge in [-0.25, -0.2) is 25.6 Å². The molecule has 8 nitrogen and oxygen atoms in total. The fourth-order valence-corrected chi connectivity index (χ4v) is 5.85. The summed E-state index contributed by atoms with van der Waals surface area (Å²) in [6.07, 6.45) is -10.1. The number of benzene rings is 4. The highest BCUT2D eigenvalue weighted by Crippen LogP contribution is 2.35. The van der Waals surface area contributed by atoms with Crippen LogP contribution in [0.3, 0.4) is 0 Å². The first-order chi connectivity index (χ1) is 20.3. The first-order valence-electron chi connectivity index (χ1n) is 11.7. The molecular weight excluding hydrogens is 652 g/mol. The topological polar surface area (TPSA) is 111 Å². The number of halogens is 8. The standard InChI is InChI=1S/C26H16F8N2O6S2/c27-20-2-1-3-21(28)24(20)15-4-13-22(35-43(37,38)18-9-5-16(6-10-18)41-25(29,30)31)23(14-15)36-44(39,40)19-11-7-17(8-12-19)42-26(32,33)34/h1-14,35-36H. The number of alkyl halides is 6. The lowest BCUT2D eigenvalue weighted by atomic mass is 10.0. The zero-order valence-electron chi connectivity index (χ0n) is 21.4. The first kappa shape index (κ1) is 32.3. The van der Waals surface area contributed by atoms with Crippen LogP contribution in [-0.4, -0.2) is 29.6 Å². The number of nitrogens with one attached hydrogen (secondary N) is 2. The molecule has 0 aliphatic carbocycles. The van der Waals surface area contributed by atoms with Crippen LogP contribution in [0, 0.1) is 11.6 Å². The fraction of sp³-hybridized carbons (Fsp3) is 0.0769. The summed E-state index contributed by atoms with van der Waals surface area (Å²) >= 11 is 0. The van der Waals surface area contributed by atoms with Gasteiger partial charge in [0.05, 0.1) is 26.7 Å². The third kappa shape index (κ3) is 8.07. The molecule has 0 amide bonds. The minimum atomic E-state index is -5.06. The van der Waals surface area contributed by atoms with Gasteiger partial charge in [0.2, 0.25) is 0 Å². The average molecular weight is 669 g/mol. The Morgan fingerprint density at radius 2 is 0.955 bits per heavy atom. The molecule has 0 aromatic heterocycles. The van der Waals surface area contributed by atoms with Crippen LogP contribution >= 0.6 is 0 Å². The molecule has 0 spiro atoms. The fourth-order valence-electron chi connectivity index (χ4n) is 3.70. The van der Waals surface area contributed by atoms with Gasteiger partial charge in [0.15, 0.2) is 0 Å². The smallest absolute Gasteiger partial charge is 0.406 e. The molecule has 0 fully saturated rings. The normalized spacial score (nSPS) is 12.5. The Bertz CT molecular complexity index is 1860. The van der Waals surface area contributed by atoms with Gasteiger partial charge in [-0.3, -0.25) is 9.44 Å². The van der Waals surface area contributed by atoms with Gasteiger partial charge in [0.1, 0.15) is 23.1 Å². The average Bonchev–Trinajstić information content (AvgIpc) is 2.88. The Morgan fingerprint density at radius 1 is 0.545 bits per heavy atom. The zero-order chi connectivity index (χ0) is 32.5. The van der Waals surface area contributed by atoms with Gasteiger partial charge in [-0.1, -0.05) is 12.1 Å². The van der Waals surface area contributed by atoms with Crippen LogP contribution in [0.25, 0.3) is 11.1 Å². The van der Waals surface area contributed by atoms with Crippen molar-refractivity contribution in [3.8, 4) is 22.6 Å². The van der Waals surface area contributed by atoms with Crippen LogP contribution < -0.4 is 18.9 Å². The lowest BCUT2D eigenvalue weighted by Gasteiger charge is -2.17. The summed E-state index contributed by atoms with van der Waals surface area (Å²) in [6, 6.07) is 11.6. The Kier molecular flexibility index (Phi) is 8.70. The predicted octanol–water partition coefficient (Wildman–Crippen LogP) is 7.03. The lowest BCUT2D eigenvalue weighted by molar-refractivity contribution is -0.275. The Morgan fingerprint density at radius 3 is 1.36 bits per heavy atom. The van der Waals surface area contributed by atoms with Crippen molar-refractivity contribution in [3.05, 3.63) is 96.6 Å². The molecule has 0 aliphatic rings. The third-order valence-electron chi connectivity index (χ3n) is 5.49. The van der Waals surface area contributed by atoms with Crippen LogP contribution in [0.1, 0.15) is 0 Å². The summed E-state index contributed by atoms with van der Waals surface area (Å²) in [5.74, 6) is -3.57. The molecule has 0 radical (unpaired) electrons. The highest BCUT2D eigenvalue weighted by Gasteiger charge is 2.32. The minimum Gasteiger partial charge on any atom is -0.406 e. The number of rotatable bonds is 9. The van der Waals surface area contributed by atoms with Gasteiger partial charge in [-0.15, -0.1) is 26.3 Å². The van der Waals surface area contributed by atoms with E-state index in [1.165, 1.54) is 0 Å². The van der Waals surface area contributed by atoms with Crippen LogP contribution in [0.4, 0.5) is 46.5 Å². The molecule has 234 valence electrons. The summed E-state index contributed by atoms with van der Waals surface area (Å²) in [6.45, 7) is 0. The summed E-state index contributed by atoms with van der Waals surface area (Å²) < 4.78 is 167. The maximum Gasteiger partial charge on any atom is 0.573 e. The predicted molar refractivity (Wildman–Crippen MR) is 140 cm³/mol. The molecule has 0 unspecified atom stereocenters. The molecule has 4 aromatic carbocycles.